The van der Waals surface area contributed by atoms with Crippen molar-refractivity contribution in [3.8, 4) is 5.75 Å². The number of rotatable bonds is 4. The third-order valence-corrected chi connectivity index (χ3v) is 7.86. The van der Waals surface area contributed by atoms with Crippen molar-refractivity contribution in [1.29, 1.82) is 0 Å². The number of nitrogens with zero attached hydrogens (tertiary/aromatic N) is 2. The molecule has 0 N–H and O–H groups in total. The van der Waals surface area contributed by atoms with Crippen LogP contribution < -0.4 is 9.04 Å². The van der Waals surface area contributed by atoms with Crippen LogP contribution in [-0.4, -0.2) is 45.2 Å². The Labute approximate surface area is 178 Å². The lowest BCUT2D eigenvalue weighted by atomic mass is 9.99. The van der Waals surface area contributed by atoms with Crippen molar-refractivity contribution >= 4 is 21.6 Å². The summed E-state index contributed by atoms with van der Waals surface area (Å²) < 4.78 is 31.3. The second-order valence-electron chi connectivity index (χ2n) is 7.93. The molecule has 1 atom stereocenters. The maximum absolute atomic E-state index is 13.5. The molecular formula is C23H28N2O4S. The number of sulfonamides is 1. The molecule has 7 heteroatoms. The number of carbonyl (C=O) groups excluding carboxylic acids is 1. The average Bonchev–Trinajstić information content (AvgIpc) is 2.97. The van der Waals surface area contributed by atoms with Crippen LogP contribution in [0.15, 0.2) is 48.5 Å². The van der Waals surface area contributed by atoms with E-state index in [1.54, 1.807) is 31.4 Å². The minimum atomic E-state index is -3.28. The summed E-state index contributed by atoms with van der Waals surface area (Å²) in [5.41, 5.74) is 2.22. The van der Waals surface area contributed by atoms with Gasteiger partial charge in [0.05, 0.1) is 24.6 Å². The number of carbonyl (C=O) groups is 1. The van der Waals surface area contributed by atoms with E-state index in [-0.39, 0.29) is 17.7 Å². The molecule has 2 fully saturated rings. The Kier molecular flexibility index (Phi) is 5.99. The third kappa shape index (κ3) is 4.17. The van der Waals surface area contributed by atoms with Gasteiger partial charge in [-0.15, -0.1) is 0 Å². The number of ether oxygens (including phenoxy) is 1. The van der Waals surface area contributed by atoms with Crippen molar-refractivity contribution in [2.24, 2.45) is 0 Å². The summed E-state index contributed by atoms with van der Waals surface area (Å²) in [5, 5.41) is 0. The van der Waals surface area contributed by atoms with Gasteiger partial charge in [0.25, 0.3) is 5.91 Å². The Morgan fingerprint density at radius 3 is 2.50 bits per heavy atom. The summed E-state index contributed by atoms with van der Waals surface area (Å²) in [7, 11) is -1.63. The maximum atomic E-state index is 13.5. The summed E-state index contributed by atoms with van der Waals surface area (Å²) in [6.07, 6.45) is 4.68. The van der Waals surface area contributed by atoms with Crippen molar-refractivity contribution in [1.82, 2.24) is 4.90 Å². The van der Waals surface area contributed by atoms with Gasteiger partial charge < -0.3 is 9.64 Å². The number of hydrogen-bond acceptors (Lipinski definition) is 4. The Morgan fingerprint density at radius 1 is 1.00 bits per heavy atom. The van der Waals surface area contributed by atoms with Gasteiger partial charge in [-0.05, 0) is 55.2 Å². The molecule has 2 aliphatic heterocycles. The Bertz CT molecular complexity index is 1000. The van der Waals surface area contributed by atoms with Crippen molar-refractivity contribution in [2.75, 3.05) is 30.3 Å². The zero-order chi connectivity index (χ0) is 21.1. The fourth-order valence-corrected chi connectivity index (χ4v) is 5.97. The second kappa shape index (κ2) is 8.68. The molecule has 30 heavy (non-hydrogen) atoms. The van der Waals surface area contributed by atoms with E-state index >= 15 is 0 Å². The quantitative estimate of drug-likeness (QED) is 0.738. The van der Waals surface area contributed by atoms with E-state index in [2.05, 4.69) is 0 Å². The van der Waals surface area contributed by atoms with Gasteiger partial charge >= 0.3 is 0 Å². The molecule has 0 aliphatic carbocycles. The van der Waals surface area contributed by atoms with Gasteiger partial charge in [-0.3, -0.25) is 9.10 Å². The highest BCUT2D eigenvalue weighted by molar-refractivity contribution is 7.93. The third-order valence-electron chi connectivity index (χ3n) is 5.99. The summed E-state index contributed by atoms with van der Waals surface area (Å²) >= 11 is 0. The molecule has 2 saturated heterocycles. The number of benzene rings is 2. The van der Waals surface area contributed by atoms with Gasteiger partial charge in [0.15, 0.2) is 0 Å². The van der Waals surface area contributed by atoms with Crippen LogP contribution in [-0.2, 0) is 10.0 Å². The number of anilines is 1. The first-order valence-corrected chi connectivity index (χ1v) is 12.2. The molecule has 0 aromatic heterocycles. The van der Waals surface area contributed by atoms with Gasteiger partial charge in [0.2, 0.25) is 10.0 Å². The fraction of sp³-hybridized carbons (Fsp3) is 0.435. The predicted molar refractivity (Wildman–Crippen MR) is 117 cm³/mol. The van der Waals surface area contributed by atoms with Crippen LogP contribution in [0, 0.1) is 0 Å². The molecule has 0 spiro atoms. The zero-order valence-corrected chi connectivity index (χ0v) is 18.1. The molecule has 1 amide bonds. The van der Waals surface area contributed by atoms with E-state index in [4.69, 9.17) is 4.74 Å². The van der Waals surface area contributed by atoms with Gasteiger partial charge in [-0.2, -0.15) is 0 Å². The highest BCUT2D eigenvalue weighted by atomic mass is 32.2. The van der Waals surface area contributed by atoms with Gasteiger partial charge in [0, 0.05) is 18.7 Å². The van der Waals surface area contributed by atoms with E-state index in [0.29, 0.717) is 30.8 Å². The van der Waals surface area contributed by atoms with E-state index in [9.17, 15) is 13.2 Å². The molecule has 160 valence electrons. The first-order chi connectivity index (χ1) is 14.5. The predicted octanol–water partition coefficient (Wildman–Crippen LogP) is 3.99. The topological polar surface area (TPSA) is 66.9 Å². The Balaban J connectivity index is 1.63. The summed E-state index contributed by atoms with van der Waals surface area (Å²) in [5.74, 6) is 0.914. The lowest BCUT2D eigenvalue weighted by molar-refractivity contribution is 0.0681. The van der Waals surface area contributed by atoms with E-state index < -0.39 is 10.0 Å². The molecule has 1 unspecified atom stereocenters. The van der Waals surface area contributed by atoms with Crippen LogP contribution in [0.2, 0.25) is 0 Å². The summed E-state index contributed by atoms with van der Waals surface area (Å²) in [6.45, 7) is 1.17. The van der Waals surface area contributed by atoms with E-state index in [1.807, 2.05) is 29.2 Å². The lowest BCUT2D eigenvalue weighted by Gasteiger charge is -2.31. The SMILES string of the molecule is COc1ccc(C2CCCCCN2C(=O)c2cccc(N3CCCS3(=O)=O)c2)cc1. The van der Waals surface area contributed by atoms with Crippen LogP contribution in [0.5, 0.6) is 5.75 Å². The fourth-order valence-electron chi connectivity index (χ4n) is 4.41. The van der Waals surface area contributed by atoms with Crippen molar-refractivity contribution < 1.29 is 17.9 Å². The molecule has 0 bridgehead atoms. The second-order valence-corrected chi connectivity index (χ2v) is 9.94. The van der Waals surface area contributed by atoms with Crippen LogP contribution >= 0.6 is 0 Å². The molecule has 4 rings (SSSR count). The molecule has 2 aromatic carbocycles. The maximum Gasteiger partial charge on any atom is 0.254 e. The van der Waals surface area contributed by atoms with Crippen molar-refractivity contribution in [2.45, 2.75) is 38.1 Å². The molecule has 2 aliphatic rings. The molecular weight excluding hydrogens is 400 g/mol. The molecule has 2 heterocycles. The number of amides is 1. The van der Waals surface area contributed by atoms with Gasteiger partial charge in [-0.25, -0.2) is 8.42 Å². The van der Waals surface area contributed by atoms with Gasteiger partial charge in [0.1, 0.15) is 5.75 Å². The highest BCUT2D eigenvalue weighted by Crippen LogP contribution is 2.33. The van der Waals surface area contributed by atoms with Crippen LogP contribution in [0.4, 0.5) is 5.69 Å². The summed E-state index contributed by atoms with van der Waals surface area (Å²) in [6, 6.07) is 15.0. The zero-order valence-electron chi connectivity index (χ0n) is 17.3. The van der Waals surface area contributed by atoms with Crippen molar-refractivity contribution in [3.05, 3.63) is 59.7 Å². The lowest BCUT2D eigenvalue weighted by Crippen LogP contribution is -2.35. The van der Waals surface area contributed by atoms with E-state index in [0.717, 1.165) is 37.0 Å². The number of likely N-dealkylation sites (tertiary alicyclic amines) is 1. The number of hydrogen-bond donors (Lipinski definition) is 0. The van der Waals surface area contributed by atoms with Crippen molar-refractivity contribution in [3.63, 3.8) is 0 Å². The summed E-state index contributed by atoms with van der Waals surface area (Å²) in [4.78, 5) is 15.5. The molecule has 0 saturated carbocycles. The van der Waals surface area contributed by atoms with Crippen LogP contribution in [0.25, 0.3) is 0 Å². The monoisotopic (exact) mass is 428 g/mol. The smallest absolute Gasteiger partial charge is 0.254 e. The first-order valence-electron chi connectivity index (χ1n) is 10.5. The minimum absolute atomic E-state index is 0.00471. The van der Waals surface area contributed by atoms with Crippen LogP contribution in [0.3, 0.4) is 0 Å². The van der Waals surface area contributed by atoms with E-state index in [1.165, 1.54) is 4.31 Å². The van der Waals surface area contributed by atoms with Crippen LogP contribution in [0.1, 0.15) is 54.1 Å². The first kappa shape index (κ1) is 20.7. The Morgan fingerprint density at radius 2 is 1.80 bits per heavy atom. The largest absolute Gasteiger partial charge is 0.497 e. The molecule has 6 nitrogen and oxygen atoms in total. The average molecular weight is 429 g/mol. The Hall–Kier alpha value is -2.54. The molecule has 2 aromatic rings. The normalized spacial score (nSPS) is 21.3. The standard InChI is InChI=1S/C23H28N2O4S/c1-29-21-12-10-18(11-13-21)22-9-3-2-4-14-24(22)23(26)19-7-5-8-20(17-19)25-15-6-16-30(25,27)28/h5,7-8,10-13,17,22H,2-4,6,9,14-16H2,1H3. The number of methoxy groups -OCH3 is 1. The molecule has 0 radical (unpaired) electrons. The highest BCUT2D eigenvalue weighted by Gasteiger charge is 2.31. The minimum Gasteiger partial charge on any atom is -0.497 e. The van der Waals surface area contributed by atoms with Gasteiger partial charge in [-0.1, -0.05) is 31.0 Å².